The Kier molecular flexibility index (Phi) is 6.05. The van der Waals surface area contributed by atoms with Crippen LogP contribution >= 0.6 is 0 Å². The van der Waals surface area contributed by atoms with Gasteiger partial charge < -0.3 is 10.2 Å². The number of rotatable bonds is 5. The molecule has 4 nitrogen and oxygen atoms in total. The maximum Gasteiger partial charge on any atom is 0.223 e. The number of aryl methyl sites for hydroxylation is 1. The quantitative estimate of drug-likeness (QED) is 0.891. The van der Waals surface area contributed by atoms with Crippen LogP contribution in [0.15, 0.2) is 24.3 Å². The van der Waals surface area contributed by atoms with Crippen LogP contribution in [0.5, 0.6) is 0 Å². The predicted octanol–water partition coefficient (Wildman–Crippen LogP) is 3.06. The van der Waals surface area contributed by atoms with Gasteiger partial charge >= 0.3 is 0 Å². The molecule has 1 aromatic carbocycles. The molecule has 1 aromatic rings. The molecule has 136 valence electrons. The Bertz CT molecular complexity index is 605. The van der Waals surface area contributed by atoms with E-state index < -0.39 is 0 Å². The highest BCUT2D eigenvalue weighted by Gasteiger charge is 2.27. The van der Waals surface area contributed by atoms with Crippen molar-refractivity contribution in [3.63, 3.8) is 0 Å². The molecule has 1 N–H and O–H groups in total. The van der Waals surface area contributed by atoms with E-state index in [0.29, 0.717) is 25.9 Å². The highest BCUT2D eigenvalue weighted by molar-refractivity contribution is 5.79. The third-order valence-electron chi connectivity index (χ3n) is 5.44. The molecular formula is C20H27FN2O2. The number of benzene rings is 1. The Labute approximate surface area is 148 Å². The number of carbonyl (C=O) groups is 2. The van der Waals surface area contributed by atoms with Crippen LogP contribution in [0.4, 0.5) is 4.39 Å². The average Bonchev–Trinajstić information content (AvgIpc) is 3.15. The molecule has 1 saturated carbocycles. The summed E-state index contributed by atoms with van der Waals surface area (Å²) in [6.07, 6.45) is 6.98. The smallest absolute Gasteiger partial charge is 0.223 e. The van der Waals surface area contributed by atoms with Crippen molar-refractivity contribution in [3.8, 4) is 0 Å². The number of halogens is 1. The van der Waals surface area contributed by atoms with Gasteiger partial charge in [0, 0.05) is 31.5 Å². The van der Waals surface area contributed by atoms with E-state index in [1.165, 1.54) is 12.1 Å². The summed E-state index contributed by atoms with van der Waals surface area (Å²) in [7, 11) is 0. The Morgan fingerprint density at radius 1 is 1.12 bits per heavy atom. The molecular weight excluding hydrogens is 319 g/mol. The van der Waals surface area contributed by atoms with Gasteiger partial charge in [0.15, 0.2) is 0 Å². The van der Waals surface area contributed by atoms with Crippen molar-refractivity contribution in [2.75, 3.05) is 13.1 Å². The number of nitrogens with zero attached hydrogens (tertiary/aromatic N) is 1. The average molecular weight is 346 g/mol. The van der Waals surface area contributed by atoms with Gasteiger partial charge in [-0.25, -0.2) is 4.39 Å². The lowest BCUT2D eigenvalue weighted by atomic mass is 10.0. The van der Waals surface area contributed by atoms with Crippen molar-refractivity contribution < 1.29 is 14.0 Å². The Hall–Kier alpha value is -1.91. The van der Waals surface area contributed by atoms with E-state index in [4.69, 9.17) is 0 Å². The van der Waals surface area contributed by atoms with Crippen LogP contribution < -0.4 is 5.32 Å². The first kappa shape index (κ1) is 17.9. The van der Waals surface area contributed by atoms with Crippen LogP contribution in [0.25, 0.3) is 0 Å². The molecule has 2 fully saturated rings. The molecule has 2 aliphatic rings. The SMILES string of the molecule is O=C(NC1CCN(C(=O)CCc2cccc(F)c2)CC1)C1CCCC1. The second-order valence-electron chi connectivity index (χ2n) is 7.27. The minimum absolute atomic E-state index is 0.116. The first-order valence-corrected chi connectivity index (χ1v) is 9.44. The molecule has 1 saturated heterocycles. The number of amides is 2. The molecule has 0 unspecified atom stereocenters. The normalized spacial score (nSPS) is 19.2. The number of likely N-dealkylation sites (tertiary alicyclic amines) is 1. The zero-order valence-electron chi connectivity index (χ0n) is 14.7. The zero-order valence-corrected chi connectivity index (χ0v) is 14.7. The molecule has 25 heavy (non-hydrogen) atoms. The first-order valence-electron chi connectivity index (χ1n) is 9.44. The lowest BCUT2D eigenvalue weighted by Gasteiger charge is -2.33. The number of hydrogen-bond acceptors (Lipinski definition) is 2. The number of piperidine rings is 1. The van der Waals surface area contributed by atoms with Gasteiger partial charge in [-0.2, -0.15) is 0 Å². The van der Waals surface area contributed by atoms with E-state index >= 15 is 0 Å². The van der Waals surface area contributed by atoms with Crippen molar-refractivity contribution in [1.82, 2.24) is 10.2 Å². The number of carbonyl (C=O) groups excluding carboxylic acids is 2. The van der Waals surface area contributed by atoms with Gasteiger partial charge in [0.1, 0.15) is 5.82 Å². The second-order valence-corrected chi connectivity index (χ2v) is 7.27. The standard InChI is InChI=1S/C20H27FN2O2/c21-17-7-3-4-15(14-17)8-9-19(24)23-12-10-18(11-13-23)22-20(25)16-5-1-2-6-16/h3-4,7,14,16,18H,1-2,5-6,8-13H2,(H,22,25). The molecule has 1 aliphatic heterocycles. The van der Waals surface area contributed by atoms with E-state index in [9.17, 15) is 14.0 Å². The lowest BCUT2D eigenvalue weighted by Crippen LogP contribution is -2.47. The summed E-state index contributed by atoms with van der Waals surface area (Å²) < 4.78 is 13.2. The minimum atomic E-state index is -0.260. The van der Waals surface area contributed by atoms with Crippen LogP contribution in [0.1, 0.15) is 50.5 Å². The summed E-state index contributed by atoms with van der Waals surface area (Å²) in [6, 6.07) is 6.61. The Morgan fingerprint density at radius 3 is 2.52 bits per heavy atom. The van der Waals surface area contributed by atoms with Crippen LogP contribution in [-0.2, 0) is 16.0 Å². The van der Waals surface area contributed by atoms with E-state index in [0.717, 1.165) is 44.1 Å². The molecule has 0 radical (unpaired) electrons. The monoisotopic (exact) mass is 346 g/mol. The number of nitrogens with one attached hydrogen (secondary N) is 1. The number of hydrogen-bond donors (Lipinski definition) is 1. The zero-order chi connectivity index (χ0) is 17.6. The third-order valence-corrected chi connectivity index (χ3v) is 5.44. The topological polar surface area (TPSA) is 49.4 Å². The summed E-state index contributed by atoms with van der Waals surface area (Å²) in [5.74, 6) is 0.257. The van der Waals surface area contributed by atoms with Gasteiger partial charge in [-0.3, -0.25) is 9.59 Å². The second kappa shape index (κ2) is 8.45. The highest BCUT2D eigenvalue weighted by Crippen LogP contribution is 2.25. The molecule has 0 spiro atoms. The van der Waals surface area contributed by atoms with Gasteiger partial charge in [-0.1, -0.05) is 25.0 Å². The molecule has 0 aromatic heterocycles. The van der Waals surface area contributed by atoms with Crippen LogP contribution in [0.2, 0.25) is 0 Å². The van der Waals surface area contributed by atoms with Crippen molar-refractivity contribution >= 4 is 11.8 Å². The molecule has 0 atom stereocenters. The van der Waals surface area contributed by atoms with Gasteiger partial charge in [0.25, 0.3) is 0 Å². The molecule has 2 amide bonds. The van der Waals surface area contributed by atoms with Crippen molar-refractivity contribution in [2.45, 2.75) is 57.4 Å². The van der Waals surface area contributed by atoms with Crippen LogP contribution in [0, 0.1) is 11.7 Å². The van der Waals surface area contributed by atoms with Crippen molar-refractivity contribution in [3.05, 3.63) is 35.6 Å². The Balaban J connectivity index is 1.39. The predicted molar refractivity (Wildman–Crippen MR) is 94.4 cm³/mol. The molecule has 1 heterocycles. The summed E-state index contributed by atoms with van der Waals surface area (Å²) in [5, 5.41) is 3.17. The summed E-state index contributed by atoms with van der Waals surface area (Å²) >= 11 is 0. The lowest BCUT2D eigenvalue weighted by molar-refractivity contribution is -0.132. The summed E-state index contributed by atoms with van der Waals surface area (Å²) in [4.78, 5) is 26.4. The Morgan fingerprint density at radius 2 is 1.84 bits per heavy atom. The van der Waals surface area contributed by atoms with E-state index in [2.05, 4.69) is 5.32 Å². The van der Waals surface area contributed by atoms with Gasteiger partial charge in [0.05, 0.1) is 0 Å². The molecule has 5 heteroatoms. The third kappa shape index (κ3) is 5.03. The van der Waals surface area contributed by atoms with Crippen LogP contribution in [-0.4, -0.2) is 35.8 Å². The van der Waals surface area contributed by atoms with Crippen molar-refractivity contribution in [2.24, 2.45) is 5.92 Å². The van der Waals surface area contributed by atoms with E-state index in [-0.39, 0.29) is 29.6 Å². The fourth-order valence-corrected chi connectivity index (χ4v) is 3.88. The van der Waals surface area contributed by atoms with Gasteiger partial charge in [0.2, 0.25) is 11.8 Å². The van der Waals surface area contributed by atoms with Crippen molar-refractivity contribution in [1.29, 1.82) is 0 Å². The highest BCUT2D eigenvalue weighted by atomic mass is 19.1. The fraction of sp³-hybridized carbons (Fsp3) is 0.600. The molecule has 1 aliphatic carbocycles. The van der Waals surface area contributed by atoms with Crippen LogP contribution in [0.3, 0.4) is 0 Å². The fourth-order valence-electron chi connectivity index (χ4n) is 3.88. The maximum atomic E-state index is 13.2. The first-order chi connectivity index (χ1) is 12.1. The molecule has 3 rings (SSSR count). The molecule has 0 bridgehead atoms. The summed E-state index contributed by atoms with van der Waals surface area (Å²) in [5.41, 5.74) is 0.854. The summed E-state index contributed by atoms with van der Waals surface area (Å²) in [6.45, 7) is 1.38. The van der Waals surface area contributed by atoms with Gasteiger partial charge in [-0.05, 0) is 49.8 Å². The largest absolute Gasteiger partial charge is 0.353 e. The van der Waals surface area contributed by atoms with E-state index in [1.54, 1.807) is 6.07 Å². The van der Waals surface area contributed by atoms with E-state index in [1.807, 2.05) is 11.0 Å². The minimum Gasteiger partial charge on any atom is -0.353 e. The van der Waals surface area contributed by atoms with Gasteiger partial charge in [-0.15, -0.1) is 0 Å². The maximum absolute atomic E-state index is 13.2.